The van der Waals surface area contributed by atoms with Crippen LogP contribution in [0.5, 0.6) is 0 Å². The zero-order valence-corrected chi connectivity index (χ0v) is 11.8. The zero-order chi connectivity index (χ0) is 12.2. The van der Waals surface area contributed by atoms with Gasteiger partial charge in [-0.15, -0.1) is 0 Å². The molecule has 0 aliphatic carbocycles. The van der Waals surface area contributed by atoms with Crippen molar-refractivity contribution in [3.63, 3.8) is 0 Å². The van der Waals surface area contributed by atoms with Crippen molar-refractivity contribution in [3.05, 3.63) is 0 Å². The minimum absolute atomic E-state index is 0.296. The maximum absolute atomic E-state index is 3.65. The summed E-state index contributed by atoms with van der Waals surface area (Å²) in [6.07, 6.45) is 3.98. The number of nitrogens with one attached hydrogen (secondary N) is 1. The second kappa shape index (κ2) is 6.02. The van der Waals surface area contributed by atoms with Crippen molar-refractivity contribution in [2.24, 2.45) is 5.92 Å². The van der Waals surface area contributed by atoms with E-state index in [4.69, 9.17) is 0 Å². The number of rotatable bonds is 5. The quantitative estimate of drug-likeness (QED) is 0.775. The first-order chi connectivity index (χ1) is 7.46. The zero-order valence-electron chi connectivity index (χ0n) is 11.8. The predicted octanol–water partition coefficient (Wildman–Crippen LogP) is 2.89. The Morgan fingerprint density at radius 1 is 1.31 bits per heavy atom. The van der Waals surface area contributed by atoms with Crippen LogP contribution in [-0.4, -0.2) is 36.1 Å². The summed E-state index contributed by atoms with van der Waals surface area (Å²) < 4.78 is 0. The number of piperidine rings is 1. The van der Waals surface area contributed by atoms with Gasteiger partial charge in [0.25, 0.3) is 0 Å². The molecule has 0 aromatic rings. The maximum Gasteiger partial charge on any atom is 0.0123 e. The van der Waals surface area contributed by atoms with Crippen LogP contribution in [0.15, 0.2) is 0 Å². The van der Waals surface area contributed by atoms with Crippen LogP contribution in [0, 0.1) is 5.92 Å². The lowest BCUT2D eigenvalue weighted by molar-refractivity contribution is 0.112. The molecule has 2 atom stereocenters. The fourth-order valence-electron chi connectivity index (χ4n) is 2.40. The Bertz CT molecular complexity index is 201. The highest BCUT2D eigenvalue weighted by Crippen LogP contribution is 2.22. The molecule has 1 aliphatic rings. The summed E-state index contributed by atoms with van der Waals surface area (Å²) >= 11 is 0. The van der Waals surface area contributed by atoms with Crippen LogP contribution in [0.25, 0.3) is 0 Å². The normalized spacial score (nSPS) is 28.3. The lowest BCUT2D eigenvalue weighted by Crippen LogP contribution is -2.48. The molecule has 1 saturated heterocycles. The molecule has 0 saturated carbocycles. The third-order valence-electron chi connectivity index (χ3n) is 4.39. The largest absolute Gasteiger partial charge is 0.311 e. The Morgan fingerprint density at radius 3 is 2.62 bits per heavy atom. The van der Waals surface area contributed by atoms with Crippen molar-refractivity contribution < 1.29 is 0 Å². The first-order valence-corrected chi connectivity index (χ1v) is 6.95. The van der Waals surface area contributed by atoms with Gasteiger partial charge in [0.05, 0.1) is 0 Å². The minimum atomic E-state index is 0.296. The second-order valence-electron chi connectivity index (χ2n) is 6.06. The van der Waals surface area contributed by atoms with Crippen molar-refractivity contribution in [2.75, 3.05) is 19.6 Å². The van der Waals surface area contributed by atoms with Gasteiger partial charge in [-0.1, -0.05) is 13.8 Å². The highest BCUT2D eigenvalue weighted by Gasteiger charge is 2.24. The summed E-state index contributed by atoms with van der Waals surface area (Å²) in [5.41, 5.74) is 0.296. The van der Waals surface area contributed by atoms with E-state index in [0.29, 0.717) is 5.54 Å². The maximum atomic E-state index is 3.65. The Balaban J connectivity index is 2.27. The van der Waals surface area contributed by atoms with E-state index in [-0.39, 0.29) is 0 Å². The highest BCUT2D eigenvalue weighted by molar-refractivity contribution is 4.81. The molecule has 1 heterocycles. The first-order valence-electron chi connectivity index (χ1n) is 6.95. The molecule has 0 bridgehead atoms. The molecule has 96 valence electrons. The highest BCUT2D eigenvalue weighted by atomic mass is 15.2. The lowest BCUT2D eigenvalue weighted by atomic mass is 9.92. The van der Waals surface area contributed by atoms with E-state index in [9.17, 15) is 0 Å². The van der Waals surface area contributed by atoms with E-state index in [1.807, 2.05) is 0 Å². The van der Waals surface area contributed by atoms with Gasteiger partial charge in [0.2, 0.25) is 0 Å². The molecular weight excluding hydrogens is 196 g/mol. The molecule has 1 fully saturated rings. The van der Waals surface area contributed by atoms with Gasteiger partial charge in [-0.05, 0) is 52.5 Å². The van der Waals surface area contributed by atoms with E-state index in [0.717, 1.165) is 18.5 Å². The molecule has 1 rings (SSSR count). The minimum Gasteiger partial charge on any atom is -0.311 e. The van der Waals surface area contributed by atoms with Gasteiger partial charge >= 0.3 is 0 Å². The molecule has 0 radical (unpaired) electrons. The van der Waals surface area contributed by atoms with Crippen LogP contribution in [0.3, 0.4) is 0 Å². The van der Waals surface area contributed by atoms with Gasteiger partial charge in [0, 0.05) is 24.7 Å². The number of hydrogen-bond acceptors (Lipinski definition) is 2. The van der Waals surface area contributed by atoms with Crippen molar-refractivity contribution in [3.8, 4) is 0 Å². The lowest BCUT2D eigenvalue weighted by Gasteiger charge is -2.38. The standard InChI is InChI=1S/C14H30N2/c1-6-14(4,5)15-9-11-16-10-7-8-12(2)13(16)3/h12-13,15H,6-11H2,1-5H3. The fraction of sp³-hybridized carbons (Fsp3) is 1.00. The van der Waals surface area contributed by atoms with Crippen molar-refractivity contribution in [2.45, 2.75) is 65.5 Å². The molecule has 2 heteroatoms. The van der Waals surface area contributed by atoms with Gasteiger partial charge < -0.3 is 5.32 Å². The van der Waals surface area contributed by atoms with Gasteiger partial charge in [0.15, 0.2) is 0 Å². The monoisotopic (exact) mass is 226 g/mol. The summed E-state index contributed by atoms with van der Waals surface area (Å²) in [4.78, 5) is 2.65. The summed E-state index contributed by atoms with van der Waals surface area (Å²) in [5, 5.41) is 3.65. The Hall–Kier alpha value is -0.0800. The molecule has 0 aromatic heterocycles. The molecule has 0 amide bonds. The Kier molecular flexibility index (Phi) is 5.26. The van der Waals surface area contributed by atoms with E-state index >= 15 is 0 Å². The van der Waals surface area contributed by atoms with E-state index in [1.165, 1.54) is 32.4 Å². The van der Waals surface area contributed by atoms with Crippen molar-refractivity contribution >= 4 is 0 Å². The predicted molar refractivity (Wildman–Crippen MR) is 71.8 cm³/mol. The molecule has 0 spiro atoms. The fourth-order valence-corrected chi connectivity index (χ4v) is 2.40. The molecule has 2 nitrogen and oxygen atoms in total. The Labute approximate surface area is 102 Å². The van der Waals surface area contributed by atoms with E-state index in [2.05, 4.69) is 44.8 Å². The summed E-state index contributed by atoms with van der Waals surface area (Å²) in [5.74, 6) is 0.868. The smallest absolute Gasteiger partial charge is 0.0123 e. The topological polar surface area (TPSA) is 15.3 Å². The van der Waals surface area contributed by atoms with Crippen molar-refractivity contribution in [1.29, 1.82) is 0 Å². The molecule has 2 unspecified atom stereocenters. The number of hydrogen-bond donors (Lipinski definition) is 1. The van der Waals surface area contributed by atoms with Crippen molar-refractivity contribution in [1.82, 2.24) is 10.2 Å². The first kappa shape index (κ1) is 14.0. The molecule has 1 N–H and O–H groups in total. The van der Waals surface area contributed by atoms with Gasteiger partial charge in [-0.25, -0.2) is 0 Å². The van der Waals surface area contributed by atoms with Crippen LogP contribution >= 0.6 is 0 Å². The number of likely N-dealkylation sites (tertiary alicyclic amines) is 1. The van der Waals surface area contributed by atoms with E-state index in [1.54, 1.807) is 0 Å². The average Bonchev–Trinajstić information content (AvgIpc) is 2.24. The number of nitrogens with zero attached hydrogens (tertiary/aromatic N) is 1. The van der Waals surface area contributed by atoms with Crippen LogP contribution in [0.4, 0.5) is 0 Å². The third kappa shape index (κ3) is 4.06. The third-order valence-corrected chi connectivity index (χ3v) is 4.39. The molecule has 16 heavy (non-hydrogen) atoms. The van der Waals surface area contributed by atoms with Crippen LogP contribution in [0.1, 0.15) is 53.9 Å². The van der Waals surface area contributed by atoms with Gasteiger partial charge in [-0.3, -0.25) is 4.90 Å². The van der Waals surface area contributed by atoms with Crippen LogP contribution < -0.4 is 5.32 Å². The van der Waals surface area contributed by atoms with E-state index < -0.39 is 0 Å². The van der Waals surface area contributed by atoms with Gasteiger partial charge in [-0.2, -0.15) is 0 Å². The summed E-state index contributed by atoms with van der Waals surface area (Å²) in [6.45, 7) is 15.2. The van der Waals surface area contributed by atoms with Crippen LogP contribution in [0.2, 0.25) is 0 Å². The summed E-state index contributed by atoms with van der Waals surface area (Å²) in [7, 11) is 0. The molecular formula is C14H30N2. The van der Waals surface area contributed by atoms with Crippen LogP contribution in [-0.2, 0) is 0 Å². The molecule has 0 aromatic carbocycles. The van der Waals surface area contributed by atoms with Gasteiger partial charge in [0.1, 0.15) is 0 Å². The summed E-state index contributed by atoms with van der Waals surface area (Å²) in [6, 6.07) is 0.764. The average molecular weight is 226 g/mol. The molecule has 1 aliphatic heterocycles. The second-order valence-corrected chi connectivity index (χ2v) is 6.06. The Morgan fingerprint density at radius 2 is 2.00 bits per heavy atom. The SMILES string of the molecule is CCC(C)(C)NCCN1CCCC(C)C1C.